The molecule has 0 aliphatic carbocycles. The second-order valence-electron chi connectivity index (χ2n) is 6.89. The van der Waals surface area contributed by atoms with Gasteiger partial charge < -0.3 is 10.1 Å². The fraction of sp³-hybridized carbons (Fsp3) is 0.174. The summed E-state index contributed by atoms with van der Waals surface area (Å²) in [5.74, 6) is -3.03. The normalized spacial score (nSPS) is 13.2. The van der Waals surface area contributed by atoms with Crippen molar-refractivity contribution in [1.29, 1.82) is 0 Å². The zero-order valence-corrected chi connectivity index (χ0v) is 17.1. The zero-order valence-electron chi connectivity index (χ0n) is 17.1. The van der Waals surface area contributed by atoms with Crippen molar-refractivity contribution in [2.75, 3.05) is 13.2 Å². The summed E-state index contributed by atoms with van der Waals surface area (Å²) in [5.41, 5.74) is 1.08. The molecule has 5 amide bonds. The number of nitrogens with one attached hydrogen (secondary N) is 2. The molecule has 2 aromatic carbocycles. The molecule has 0 spiro atoms. The van der Waals surface area contributed by atoms with Crippen LogP contribution in [0.1, 0.15) is 26.3 Å². The number of amides is 5. The van der Waals surface area contributed by atoms with E-state index in [0.29, 0.717) is 5.56 Å². The highest BCUT2D eigenvalue weighted by Gasteiger charge is 2.43. The number of benzene rings is 2. The first-order valence-electron chi connectivity index (χ1n) is 9.78. The summed E-state index contributed by atoms with van der Waals surface area (Å²) in [6.45, 7) is 2.83. The van der Waals surface area contributed by atoms with Gasteiger partial charge in [0, 0.05) is 13.0 Å². The van der Waals surface area contributed by atoms with Crippen LogP contribution in [-0.2, 0) is 20.7 Å². The van der Waals surface area contributed by atoms with Gasteiger partial charge in [0.2, 0.25) is 0 Å². The minimum absolute atomic E-state index is 0.00653. The number of nitrogens with zero attached hydrogens (tertiary/aromatic N) is 1. The number of rotatable bonds is 8. The van der Waals surface area contributed by atoms with E-state index in [1.807, 2.05) is 5.32 Å². The van der Waals surface area contributed by atoms with E-state index in [9.17, 15) is 24.0 Å². The summed E-state index contributed by atoms with van der Waals surface area (Å²) in [5, 5.41) is 4.34. The molecule has 0 bridgehead atoms. The summed E-state index contributed by atoms with van der Waals surface area (Å²) in [6, 6.07) is 13.0. The quantitative estimate of drug-likeness (QED) is 0.368. The van der Waals surface area contributed by atoms with Crippen LogP contribution in [0.15, 0.2) is 67.3 Å². The molecule has 9 heteroatoms. The van der Waals surface area contributed by atoms with Crippen LogP contribution in [0.3, 0.4) is 0 Å². The number of urea groups is 1. The summed E-state index contributed by atoms with van der Waals surface area (Å²) in [7, 11) is 0. The van der Waals surface area contributed by atoms with E-state index in [1.54, 1.807) is 42.5 Å². The molecule has 32 heavy (non-hydrogen) atoms. The Labute approximate surface area is 184 Å². The molecular weight excluding hydrogens is 414 g/mol. The first kappa shape index (κ1) is 22.4. The number of esters is 1. The van der Waals surface area contributed by atoms with E-state index in [4.69, 9.17) is 4.74 Å². The Morgan fingerprint density at radius 3 is 2.16 bits per heavy atom. The van der Waals surface area contributed by atoms with Crippen molar-refractivity contribution < 1.29 is 28.7 Å². The fourth-order valence-corrected chi connectivity index (χ4v) is 3.21. The van der Waals surface area contributed by atoms with E-state index in [2.05, 4.69) is 11.9 Å². The van der Waals surface area contributed by atoms with E-state index in [0.717, 1.165) is 4.90 Å². The maximum Gasteiger partial charge on any atom is 0.330 e. The Morgan fingerprint density at radius 1 is 0.969 bits per heavy atom. The largest absolute Gasteiger partial charge is 0.454 e. The van der Waals surface area contributed by atoms with Crippen molar-refractivity contribution >= 4 is 29.7 Å². The molecule has 2 N–H and O–H groups in total. The minimum Gasteiger partial charge on any atom is -0.454 e. The second-order valence-corrected chi connectivity index (χ2v) is 6.89. The van der Waals surface area contributed by atoms with Gasteiger partial charge in [0.1, 0.15) is 6.04 Å². The average molecular weight is 435 g/mol. The molecule has 0 saturated carbocycles. The summed E-state index contributed by atoms with van der Waals surface area (Å²) < 4.78 is 5.05. The van der Waals surface area contributed by atoms with E-state index in [1.165, 1.54) is 18.2 Å². The van der Waals surface area contributed by atoms with Gasteiger partial charge in [0.15, 0.2) is 6.61 Å². The van der Waals surface area contributed by atoms with Crippen molar-refractivity contribution in [3.63, 3.8) is 0 Å². The van der Waals surface area contributed by atoms with Gasteiger partial charge in [0.25, 0.3) is 17.7 Å². The predicted octanol–water partition coefficient (Wildman–Crippen LogP) is 1.45. The van der Waals surface area contributed by atoms with Crippen LogP contribution in [-0.4, -0.2) is 53.8 Å². The summed E-state index contributed by atoms with van der Waals surface area (Å²) in [4.78, 5) is 62.9. The molecular formula is C23H21N3O6. The number of fused-ring (bicyclic) bond motifs is 1. The SMILES string of the molecule is C=CCNC(=O)NC(=O)COC(=O)C(Cc1ccccc1)N1C(=O)c2ccccc2C1=O. The molecule has 3 rings (SSSR count). The first-order valence-corrected chi connectivity index (χ1v) is 9.78. The third-order valence-corrected chi connectivity index (χ3v) is 4.69. The van der Waals surface area contributed by atoms with Crippen molar-refractivity contribution in [3.8, 4) is 0 Å². The monoisotopic (exact) mass is 435 g/mol. The Morgan fingerprint density at radius 2 is 1.56 bits per heavy atom. The average Bonchev–Trinajstić information content (AvgIpc) is 3.05. The van der Waals surface area contributed by atoms with Crippen molar-refractivity contribution in [2.45, 2.75) is 12.5 Å². The third-order valence-electron chi connectivity index (χ3n) is 4.69. The number of hydrogen-bond acceptors (Lipinski definition) is 6. The first-order chi connectivity index (χ1) is 15.4. The molecule has 1 heterocycles. The van der Waals surface area contributed by atoms with Gasteiger partial charge in [-0.25, -0.2) is 9.59 Å². The van der Waals surface area contributed by atoms with Crippen LogP contribution >= 0.6 is 0 Å². The molecule has 1 aliphatic heterocycles. The van der Waals surface area contributed by atoms with Crippen molar-refractivity contribution in [3.05, 3.63) is 83.9 Å². The number of imide groups is 2. The fourth-order valence-electron chi connectivity index (χ4n) is 3.21. The molecule has 9 nitrogen and oxygen atoms in total. The van der Waals surface area contributed by atoms with E-state index < -0.39 is 42.4 Å². The highest BCUT2D eigenvalue weighted by molar-refractivity contribution is 6.22. The van der Waals surface area contributed by atoms with Crippen LogP contribution in [0.5, 0.6) is 0 Å². The molecule has 164 valence electrons. The minimum atomic E-state index is -1.29. The molecule has 0 saturated heterocycles. The lowest BCUT2D eigenvalue weighted by Crippen LogP contribution is -2.48. The number of hydrogen-bond donors (Lipinski definition) is 2. The van der Waals surface area contributed by atoms with Gasteiger partial charge in [-0.2, -0.15) is 0 Å². The Hall–Kier alpha value is -4.27. The van der Waals surface area contributed by atoms with Crippen molar-refractivity contribution in [2.24, 2.45) is 0 Å². The molecule has 2 aromatic rings. The van der Waals surface area contributed by atoms with Gasteiger partial charge in [-0.1, -0.05) is 48.5 Å². The van der Waals surface area contributed by atoms with Gasteiger partial charge in [-0.15, -0.1) is 6.58 Å². The maximum absolute atomic E-state index is 12.9. The van der Waals surface area contributed by atoms with Crippen LogP contribution in [0, 0.1) is 0 Å². The maximum atomic E-state index is 12.9. The highest BCUT2D eigenvalue weighted by Crippen LogP contribution is 2.26. The topological polar surface area (TPSA) is 122 Å². The molecule has 1 atom stereocenters. The Balaban J connectivity index is 1.75. The lowest BCUT2D eigenvalue weighted by molar-refractivity contribution is -0.152. The van der Waals surface area contributed by atoms with Crippen molar-refractivity contribution in [1.82, 2.24) is 15.5 Å². The second kappa shape index (κ2) is 10.2. The number of carbonyl (C=O) groups is 5. The summed E-state index contributed by atoms with van der Waals surface area (Å²) >= 11 is 0. The zero-order chi connectivity index (χ0) is 23.1. The van der Waals surface area contributed by atoms with E-state index >= 15 is 0 Å². The van der Waals surface area contributed by atoms with Gasteiger partial charge >= 0.3 is 12.0 Å². The molecule has 0 radical (unpaired) electrons. The van der Waals surface area contributed by atoms with Crippen LogP contribution in [0.2, 0.25) is 0 Å². The third kappa shape index (κ3) is 5.07. The van der Waals surface area contributed by atoms with Crippen LogP contribution in [0.25, 0.3) is 0 Å². The Kier molecular flexibility index (Phi) is 7.12. The molecule has 1 unspecified atom stereocenters. The Bertz CT molecular complexity index is 1030. The smallest absolute Gasteiger partial charge is 0.330 e. The lowest BCUT2D eigenvalue weighted by Gasteiger charge is -2.24. The number of ether oxygens (including phenoxy) is 1. The van der Waals surface area contributed by atoms with Crippen LogP contribution in [0.4, 0.5) is 4.79 Å². The molecule has 0 fully saturated rings. The number of carbonyl (C=O) groups excluding carboxylic acids is 5. The van der Waals surface area contributed by atoms with E-state index in [-0.39, 0.29) is 24.1 Å². The molecule has 1 aliphatic rings. The van der Waals surface area contributed by atoms with Gasteiger partial charge in [0.05, 0.1) is 11.1 Å². The van der Waals surface area contributed by atoms with Gasteiger partial charge in [-0.05, 0) is 17.7 Å². The van der Waals surface area contributed by atoms with Crippen LogP contribution < -0.4 is 10.6 Å². The predicted molar refractivity (Wildman–Crippen MR) is 114 cm³/mol. The van der Waals surface area contributed by atoms with Gasteiger partial charge in [-0.3, -0.25) is 24.6 Å². The lowest BCUT2D eigenvalue weighted by atomic mass is 10.0. The molecule has 0 aromatic heterocycles. The standard InChI is InChI=1S/C23H21N3O6/c1-2-12-24-23(31)25-19(27)14-32-22(30)18(13-15-8-4-3-5-9-15)26-20(28)16-10-6-7-11-17(16)21(26)29/h2-11,18H,1,12-14H2,(H2,24,25,27,31). The summed E-state index contributed by atoms with van der Waals surface area (Å²) in [6.07, 6.45) is 1.44. The highest BCUT2D eigenvalue weighted by atomic mass is 16.5.